The minimum absolute atomic E-state index is 0.847. The highest BCUT2D eigenvalue weighted by Gasteiger charge is 2.10. The highest BCUT2D eigenvalue weighted by molar-refractivity contribution is 9.10. The maximum Gasteiger partial charge on any atom is 0.106 e. The first kappa shape index (κ1) is 12.2. The Morgan fingerprint density at radius 2 is 0.950 bits per heavy atom. The molecule has 0 unspecified atom stereocenters. The molecule has 0 fully saturated rings. The molecule has 0 spiro atoms. The molecule has 0 aliphatic rings. The zero-order chi connectivity index (χ0) is 13.7. The van der Waals surface area contributed by atoms with E-state index in [9.17, 15) is 0 Å². The number of fused-ring (bicyclic) bond motifs is 6. The third-order valence-corrected chi connectivity index (χ3v) is 4.33. The highest BCUT2D eigenvalue weighted by Crippen LogP contribution is 2.34. The molecule has 0 aliphatic heterocycles. The number of pyridine rings is 2. The number of rotatable bonds is 0. The summed E-state index contributed by atoms with van der Waals surface area (Å²) >= 11 is 6.92. The van der Waals surface area contributed by atoms with Crippen LogP contribution >= 0.6 is 31.9 Å². The van der Waals surface area contributed by atoms with Crippen LogP contribution in [0.5, 0.6) is 0 Å². The van der Waals surface area contributed by atoms with Gasteiger partial charge in [-0.25, -0.2) is 9.97 Å². The van der Waals surface area contributed by atoms with Gasteiger partial charge < -0.3 is 0 Å². The van der Waals surface area contributed by atoms with Gasteiger partial charge in [-0.3, -0.25) is 0 Å². The van der Waals surface area contributed by atoms with Gasteiger partial charge in [0.05, 0.1) is 11.0 Å². The van der Waals surface area contributed by atoms with E-state index in [4.69, 9.17) is 0 Å². The van der Waals surface area contributed by atoms with Crippen molar-refractivity contribution in [3.05, 3.63) is 57.7 Å². The van der Waals surface area contributed by atoms with E-state index in [1.807, 2.05) is 24.3 Å². The maximum absolute atomic E-state index is 4.65. The van der Waals surface area contributed by atoms with Gasteiger partial charge in [0.15, 0.2) is 0 Å². The van der Waals surface area contributed by atoms with Crippen molar-refractivity contribution in [1.29, 1.82) is 0 Å². The highest BCUT2D eigenvalue weighted by atomic mass is 79.9. The summed E-state index contributed by atoms with van der Waals surface area (Å²) in [6, 6.07) is 16.4. The van der Waals surface area contributed by atoms with Crippen LogP contribution in [0.25, 0.3) is 32.6 Å². The van der Waals surface area contributed by atoms with E-state index in [0.29, 0.717) is 0 Å². The van der Waals surface area contributed by atoms with E-state index in [-0.39, 0.29) is 0 Å². The van der Waals surface area contributed by atoms with Crippen molar-refractivity contribution in [2.75, 3.05) is 0 Å². The molecular formula is C16H8Br2N2. The molecule has 20 heavy (non-hydrogen) atoms. The second-order valence-corrected chi connectivity index (χ2v) is 6.23. The van der Waals surface area contributed by atoms with E-state index in [2.05, 4.69) is 66.1 Å². The molecule has 0 saturated carbocycles. The minimum Gasteiger partial charge on any atom is -0.240 e. The van der Waals surface area contributed by atoms with E-state index < -0.39 is 0 Å². The summed E-state index contributed by atoms with van der Waals surface area (Å²) in [5.41, 5.74) is 2.01. The van der Waals surface area contributed by atoms with Crippen LogP contribution in [0.3, 0.4) is 0 Å². The molecule has 0 radical (unpaired) electrons. The van der Waals surface area contributed by atoms with Crippen molar-refractivity contribution < 1.29 is 0 Å². The summed E-state index contributed by atoms with van der Waals surface area (Å²) in [6.45, 7) is 0. The number of aromatic nitrogens is 2. The topological polar surface area (TPSA) is 25.8 Å². The first-order chi connectivity index (χ1) is 9.74. The van der Waals surface area contributed by atoms with Crippen molar-refractivity contribution in [2.24, 2.45) is 0 Å². The first-order valence-corrected chi connectivity index (χ1v) is 7.76. The van der Waals surface area contributed by atoms with Crippen molar-refractivity contribution in [3.63, 3.8) is 0 Å². The zero-order valence-electron chi connectivity index (χ0n) is 10.3. The van der Waals surface area contributed by atoms with Gasteiger partial charge >= 0.3 is 0 Å². The average Bonchev–Trinajstić information content (AvgIpc) is 2.47. The standard InChI is InChI=1S/C16H8Br2N2/c17-13-7-5-11-12-6-8-14(18)20-16(12)10-4-2-1-3-9(10)15(11)19-13/h1-8H. The van der Waals surface area contributed by atoms with Gasteiger partial charge in [0, 0.05) is 21.5 Å². The maximum atomic E-state index is 4.65. The number of halogens is 2. The van der Waals surface area contributed by atoms with E-state index >= 15 is 0 Å². The van der Waals surface area contributed by atoms with Crippen LogP contribution in [0, 0.1) is 0 Å². The summed E-state index contributed by atoms with van der Waals surface area (Å²) in [7, 11) is 0. The van der Waals surface area contributed by atoms with E-state index in [0.717, 1.165) is 41.8 Å². The molecule has 4 heteroatoms. The zero-order valence-corrected chi connectivity index (χ0v) is 13.4. The Bertz CT molecular complexity index is 879. The normalized spacial score (nSPS) is 11.5. The van der Waals surface area contributed by atoms with Crippen LogP contribution < -0.4 is 0 Å². The van der Waals surface area contributed by atoms with Gasteiger partial charge in [-0.2, -0.15) is 0 Å². The van der Waals surface area contributed by atoms with Crippen molar-refractivity contribution in [3.8, 4) is 0 Å². The third kappa shape index (κ3) is 1.75. The van der Waals surface area contributed by atoms with E-state index in [1.165, 1.54) is 0 Å². The Labute approximate surface area is 132 Å². The summed E-state index contributed by atoms with van der Waals surface area (Å²) in [5, 5.41) is 4.51. The molecule has 0 aliphatic carbocycles. The van der Waals surface area contributed by atoms with Crippen LogP contribution in [0.1, 0.15) is 0 Å². The van der Waals surface area contributed by atoms with Gasteiger partial charge in [-0.1, -0.05) is 24.3 Å². The lowest BCUT2D eigenvalue weighted by molar-refractivity contribution is 1.35. The number of nitrogens with zero attached hydrogens (tertiary/aromatic N) is 2. The Kier molecular flexibility index (Phi) is 2.75. The first-order valence-electron chi connectivity index (χ1n) is 6.17. The van der Waals surface area contributed by atoms with Gasteiger partial charge in [0.1, 0.15) is 9.21 Å². The lowest BCUT2D eigenvalue weighted by atomic mass is 10.0. The monoisotopic (exact) mass is 386 g/mol. The molecule has 0 amide bonds. The van der Waals surface area contributed by atoms with Crippen LogP contribution in [0.4, 0.5) is 0 Å². The molecular weight excluding hydrogens is 380 g/mol. The predicted molar refractivity (Wildman–Crippen MR) is 90.0 cm³/mol. The summed E-state index contributed by atoms with van der Waals surface area (Å²) in [5.74, 6) is 0. The largest absolute Gasteiger partial charge is 0.240 e. The number of benzene rings is 2. The fraction of sp³-hybridized carbons (Fsp3) is 0. The molecule has 2 heterocycles. The molecule has 0 atom stereocenters. The van der Waals surface area contributed by atoms with Crippen LogP contribution in [-0.2, 0) is 0 Å². The second kappa shape index (κ2) is 4.50. The number of hydrogen-bond donors (Lipinski definition) is 0. The lowest BCUT2D eigenvalue weighted by Gasteiger charge is -2.09. The van der Waals surface area contributed by atoms with Gasteiger partial charge in [0.2, 0.25) is 0 Å². The van der Waals surface area contributed by atoms with Crippen LogP contribution in [0.2, 0.25) is 0 Å². The number of hydrogen-bond acceptors (Lipinski definition) is 2. The molecule has 0 N–H and O–H groups in total. The second-order valence-electron chi connectivity index (χ2n) is 4.61. The van der Waals surface area contributed by atoms with Gasteiger partial charge in [0.25, 0.3) is 0 Å². The molecule has 4 aromatic rings. The molecule has 4 rings (SSSR count). The minimum atomic E-state index is 0.847. The summed E-state index contributed by atoms with van der Waals surface area (Å²) < 4.78 is 1.69. The third-order valence-electron chi connectivity index (χ3n) is 3.45. The Balaban J connectivity index is 2.40. The van der Waals surface area contributed by atoms with Crippen LogP contribution in [0.15, 0.2) is 57.7 Å². The quantitative estimate of drug-likeness (QED) is 0.295. The Hall–Kier alpha value is -1.52. The molecule has 0 bridgehead atoms. The lowest BCUT2D eigenvalue weighted by Crippen LogP contribution is -1.89. The fourth-order valence-corrected chi connectivity index (χ4v) is 3.23. The van der Waals surface area contributed by atoms with Gasteiger partial charge in [-0.15, -0.1) is 0 Å². The Morgan fingerprint density at radius 1 is 0.550 bits per heavy atom. The van der Waals surface area contributed by atoms with Crippen molar-refractivity contribution >= 4 is 64.4 Å². The molecule has 2 nitrogen and oxygen atoms in total. The SMILES string of the molecule is Brc1ccc2c3ccc(Br)nc3c3ccccc3c2n1. The van der Waals surface area contributed by atoms with Crippen molar-refractivity contribution in [1.82, 2.24) is 9.97 Å². The Morgan fingerprint density at radius 3 is 1.40 bits per heavy atom. The summed E-state index contributed by atoms with van der Waals surface area (Å²) in [6.07, 6.45) is 0. The molecule has 96 valence electrons. The van der Waals surface area contributed by atoms with Gasteiger partial charge in [-0.05, 0) is 56.1 Å². The predicted octanol–water partition coefficient (Wildman–Crippen LogP) is 5.46. The average molecular weight is 388 g/mol. The van der Waals surface area contributed by atoms with Crippen LogP contribution in [-0.4, -0.2) is 9.97 Å². The molecule has 2 aromatic carbocycles. The molecule has 2 aromatic heterocycles. The fourth-order valence-electron chi connectivity index (χ4n) is 2.61. The summed E-state index contributed by atoms with van der Waals surface area (Å²) in [4.78, 5) is 9.31. The molecule has 0 saturated heterocycles. The van der Waals surface area contributed by atoms with E-state index in [1.54, 1.807) is 0 Å². The van der Waals surface area contributed by atoms with Crippen molar-refractivity contribution in [2.45, 2.75) is 0 Å². The smallest absolute Gasteiger partial charge is 0.106 e.